The van der Waals surface area contributed by atoms with Crippen LogP contribution in [-0.2, 0) is 9.53 Å². The zero-order valence-corrected chi connectivity index (χ0v) is 17.3. The number of benzene rings is 2. The molecule has 2 aromatic carbocycles. The molecule has 1 fully saturated rings. The van der Waals surface area contributed by atoms with Gasteiger partial charge >= 0.3 is 5.97 Å². The summed E-state index contributed by atoms with van der Waals surface area (Å²) in [6, 6.07) is 11.6. The first kappa shape index (κ1) is 20.7. The van der Waals surface area contributed by atoms with Crippen molar-refractivity contribution in [2.24, 2.45) is 5.92 Å². The van der Waals surface area contributed by atoms with Gasteiger partial charge in [0, 0.05) is 11.6 Å². The molecule has 1 aliphatic carbocycles. The maximum Gasteiger partial charge on any atom is 0.306 e. The number of carbonyl (C=O) groups is 1. The van der Waals surface area contributed by atoms with Gasteiger partial charge in [-0.2, -0.15) is 0 Å². The Morgan fingerprint density at radius 3 is 2.47 bits per heavy atom. The van der Waals surface area contributed by atoms with Crippen molar-refractivity contribution in [3.63, 3.8) is 0 Å². The summed E-state index contributed by atoms with van der Waals surface area (Å²) in [7, 11) is 0. The first-order valence-electron chi connectivity index (χ1n) is 9.42. The number of hydrogen-bond acceptors (Lipinski definition) is 5. The van der Waals surface area contributed by atoms with Gasteiger partial charge in [-0.05, 0) is 49.2 Å². The van der Waals surface area contributed by atoms with E-state index in [0.717, 1.165) is 0 Å². The molecule has 156 valence electrons. The van der Waals surface area contributed by atoms with E-state index in [1.165, 1.54) is 6.07 Å². The predicted octanol–water partition coefficient (Wildman–Crippen LogP) is 5.03. The van der Waals surface area contributed by atoms with Crippen molar-refractivity contribution in [3.05, 3.63) is 62.7 Å². The van der Waals surface area contributed by atoms with Crippen LogP contribution in [0.25, 0.3) is 22.3 Å². The fourth-order valence-corrected chi connectivity index (χ4v) is 3.77. The quantitative estimate of drug-likeness (QED) is 0.510. The molecule has 1 N–H and O–H groups in total. The van der Waals surface area contributed by atoms with Gasteiger partial charge in [0.05, 0.1) is 34.1 Å². The topological polar surface area (TPSA) is 86.0 Å². The van der Waals surface area contributed by atoms with Gasteiger partial charge in [0.15, 0.2) is 11.0 Å². The van der Waals surface area contributed by atoms with E-state index in [-0.39, 0.29) is 28.4 Å². The zero-order chi connectivity index (χ0) is 21.3. The van der Waals surface area contributed by atoms with E-state index in [9.17, 15) is 9.59 Å². The second-order valence-corrected chi connectivity index (χ2v) is 7.89. The highest BCUT2D eigenvalue weighted by molar-refractivity contribution is 6.39. The number of rotatable bonds is 7. The molecule has 0 unspecified atom stereocenters. The van der Waals surface area contributed by atoms with Crippen LogP contribution in [0.2, 0.25) is 10.0 Å². The van der Waals surface area contributed by atoms with Gasteiger partial charge in [-0.25, -0.2) is 0 Å². The third kappa shape index (κ3) is 4.31. The van der Waals surface area contributed by atoms with Gasteiger partial charge in [-0.15, -0.1) is 0 Å². The number of halogens is 2. The minimum atomic E-state index is -0.765. The molecule has 0 bridgehead atoms. The molecule has 8 heteroatoms. The van der Waals surface area contributed by atoms with E-state index >= 15 is 0 Å². The van der Waals surface area contributed by atoms with E-state index in [4.69, 9.17) is 42.2 Å². The van der Waals surface area contributed by atoms with Crippen LogP contribution in [0.4, 0.5) is 0 Å². The molecule has 0 atom stereocenters. The van der Waals surface area contributed by atoms with Crippen LogP contribution in [0.3, 0.4) is 0 Å². The Hall–Kier alpha value is -2.54. The van der Waals surface area contributed by atoms with Crippen LogP contribution in [-0.4, -0.2) is 30.4 Å². The summed E-state index contributed by atoms with van der Waals surface area (Å²) >= 11 is 12.3. The van der Waals surface area contributed by atoms with Crippen molar-refractivity contribution in [1.82, 2.24) is 0 Å². The molecule has 0 saturated heterocycles. The van der Waals surface area contributed by atoms with Crippen LogP contribution in [0, 0.1) is 5.92 Å². The molecule has 0 aliphatic heterocycles. The molecule has 1 aromatic heterocycles. The first-order chi connectivity index (χ1) is 14.4. The highest BCUT2D eigenvalue weighted by Gasteiger charge is 2.34. The standard InChI is InChI=1S/C22H18Cl2O6/c23-16-5-6-17(24)21-20(16)18(25)11-19(30-21)12-1-3-14(4-2-12)28-7-8-29-15-9-13(10-15)22(26)27/h1-6,11,13,15H,7-10H2,(H,26,27)/t13-,15+. The Kier molecular flexibility index (Phi) is 5.99. The second-order valence-electron chi connectivity index (χ2n) is 7.08. The van der Waals surface area contributed by atoms with Crippen molar-refractivity contribution in [1.29, 1.82) is 0 Å². The van der Waals surface area contributed by atoms with Crippen LogP contribution in [0.5, 0.6) is 5.75 Å². The lowest BCUT2D eigenvalue weighted by Crippen LogP contribution is -2.36. The molecular formula is C22H18Cl2O6. The van der Waals surface area contributed by atoms with Gasteiger partial charge in [-0.1, -0.05) is 23.2 Å². The fraction of sp³-hybridized carbons (Fsp3) is 0.273. The molecule has 3 aromatic rings. The van der Waals surface area contributed by atoms with Gasteiger partial charge < -0.3 is 19.0 Å². The summed E-state index contributed by atoms with van der Waals surface area (Å²) in [5, 5.41) is 9.72. The van der Waals surface area contributed by atoms with Crippen molar-refractivity contribution in [3.8, 4) is 17.1 Å². The Labute approximate surface area is 181 Å². The second kappa shape index (κ2) is 8.68. The Morgan fingerprint density at radius 1 is 1.07 bits per heavy atom. The number of ether oxygens (including phenoxy) is 2. The third-order valence-corrected chi connectivity index (χ3v) is 5.68. The van der Waals surface area contributed by atoms with E-state index < -0.39 is 5.97 Å². The molecule has 30 heavy (non-hydrogen) atoms. The summed E-state index contributed by atoms with van der Waals surface area (Å²) in [6.45, 7) is 0.740. The largest absolute Gasteiger partial charge is 0.491 e. The van der Waals surface area contributed by atoms with Gasteiger partial charge in [-0.3, -0.25) is 9.59 Å². The van der Waals surface area contributed by atoms with E-state index in [2.05, 4.69) is 0 Å². The lowest BCUT2D eigenvalue weighted by molar-refractivity contribution is -0.151. The summed E-state index contributed by atoms with van der Waals surface area (Å²) in [4.78, 5) is 23.2. The van der Waals surface area contributed by atoms with E-state index in [0.29, 0.717) is 53.2 Å². The molecule has 6 nitrogen and oxygen atoms in total. The number of fused-ring (bicyclic) bond motifs is 1. The molecule has 1 saturated carbocycles. The molecule has 0 amide bonds. The van der Waals surface area contributed by atoms with E-state index in [1.54, 1.807) is 36.4 Å². The lowest BCUT2D eigenvalue weighted by atomic mass is 9.82. The minimum absolute atomic E-state index is 0.00629. The Balaban J connectivity index is 1.37. The third-order valence-electron chi connectivity index (χ3n) is 5.07. The fourth-order valence-electron chi connectivity index (χ4n) is 3.33. The normalized spacial score (nSPS) is 18.2. The molecule has 1 aliphatic rings. The van der Waals surface area contributed by atoms with Crippen molar-refractivity contribution < 1.29 is 23.8 Å². The maximum atomic E-state index is 12.5. The van der Waals surface area contributed by atoms with Crippen molar-refractivity contribution in [2.45, 2.75) is 18.9 Å². The Bertz CT molecular complexity index is 1130. The SMILES string of the molecule is O=c1cc(-c2ccc(OCCO[C@H]3C[C@@H](C(=O)O)C3)cc2)oc2c(Cl)ccc(Cl)c12. The molecule has 1 heterocycles. The predicted molar refractivity (Wildman–Crippen MR) is 114 cm³/mol. The molecule has 0 spiro atoms. The van der Waals surface area contributed by atoms with E-state index in [1.807, 2.05) is 0 Å². The zero-order valence-electron chi connectivity index (χ0n) is 15.8. The summed E-state index contributed by atoms with van der Waals surface area (Å²) in [5.74, 6) is -0.0311. The molecular weight excluding hydrogens is 431 g/mol. The average Bonchev–Trinajstić information content (AvgIpc) is 2.69. The number of hydrogen-bond donors (Lipinski definition) is 1. The van der Waals surface area contributed by atoms with Crippen LogP contribution >= 0.6 is 23.2 Å². The first-order valence-corrected chi connectivity index (χ1v) is 10.2. The Morgan fingerprint density at radius 2 is 1.77 bits per heavy atom. The molecule has 0 radical (unpaired) electrons. The number of aliphatic carboxylic acids is 1. The minimum Gasteiger partial charge on any atom is -0.491 e. The van der Waals surface area contributed by atoms with Crippen molar-refractivity contribution >= 4 is 40.1 Å². The number of carboxylic acid groups (broad SMARTS) is 1. The van der Waals surface area contributed by atoms with Crippen LogP contribution < -0.4 is 10.2 Å². The lowest BCUT2D eigenvalue weighted by Gasteiger charge is -2.31. The maximum absolute atomic E-state index is 12.5. The monoisotopic (exact) mass is 448 g/mol. The van der Waals surface area contributed by atoms with Gasteiger partial charge in [0.2, 0.25) is 0 Å². The summed E-state index contributed by atoms with van der Waals surface area (Å²) in [6.07, 6.45) is 1.10. The van der Waals surface area contributed by atoms with Gasteiger partial charge in [0.1, 0.15) is 18.1 Å². The van der Waals surface area contributed by atoms with Gasteiger partial charge in [0.25, 0.3) is 0 Å². The highest BCUT2D eigenvalue weighted by atomic mass is 35.5. The van der Waals surface area contributed by atoms with Crippen LogP contribution in [0.15, 0.2) is 51.7 Å². The highest BCUT2D eigenvalue weighted by Crippen LogP contribution is 2.32. The number of carboxylic acids is 1. The van der Waals surface area contributed by atoms with Crippen LogP contribution in [0.1, 0.15) is 12.8 Å². The summed E-state index contributed by atoms with van der Waals surface area (Å²) in [5.41, 5.74) is 0.686. The van der Waals surface area contributed by atoms with Crippen molar-refractivity contribution in [2.75, 3.05) is 13.2 Å². The summed E-state index contributed by atoms with van der Waals surface area (Å²) < 4.78 is 17.1. The average molecular weight is 449 g/mol. The molecule has 4 rings (SSSR count). The smallest absolute Gasteiger partial charge is 0.306 e.